The molecule has 1 N–H and O–H groups in total. The molecule has 0 aliphatic carbocycles. The standard InChI is InChI=1S/C27H27F2N7O6/c28-24(29)23-20(31-26(37)19-12-30-35-7-6-21(32-25(19)35)34-8-10-39-11-9-34)13-36(33-23)18-14-40-22(41-15-18)16-42-27(38)17-4-2-1-3-5-17/h1-7,12-13,18,22,24H,8-11,14-16H2,(H,31,37)/t18-,22-. The molecular formula is C27H27F2N7O6. The number of benzene rings is 1. The minimum atomic E-state index is -2.95. The van der Waals surface area contributed by atoms with Crippen LogP contribution in [0.3, 0.4) is 0 Å². The van der Waals surface area contributed by atoms with Gasteiger partial charge in [0, 0.05) is 25.5 Å². The highest BCUT2D eigenvalue weighted by Gasteiger charge is 2.29. The Morgan fingerprint density at radius 3 is 2.60 bits per heavy atom. The maximum absolute atomic E-state index is 13.9. The Balaban J connectivity index is 1.11. The Hall–Kier alpha value is -4.47. The number of nitrogens with zero attached hydrogens (tertiary/aromatic N) is 6. The molecule has 0 atom stereocenters. The number of morpholine rings is 1. The lowest BCUT2D eigenvalue weighted by atomic mass is 10.2. The van der Waals surface area contributed by atoms with E-state index < -0.39 is 36.3 Å². The van der Waals surface area contributed by atoms with Crippen molar-refractivity contribution in [1.82, 2.24) is 24.4 Å². The number of carbonyl (C=O) groups is 2. The molecule has 0 bridgehead atoms. The second-order valence-corrected chi connectivity index (χ2v) is 9.59. The third-order valence-electron chi connectivity index (χ3n) is 6.83. The third-order valence-corrected chi connectivity index (χ3v) is 6.83. The van der Waals surface area contributed by atoms with Crippen molar-refractivity contribution in [3.05, 3.63) is 71.8 Å². The van der Waals surface area contributed by atoms with Crippen LogP contribution in [0.2, 0.25) is 0 Å². The Labute approximate surface area is 237 Å². The summed E-state index contributed by atoms with van der Waals surface area (Å²) in [6.07, 6.45) is 0.563. The number of fused-ring (bicyclic) bond motifs is 1. The fourth-order valence-corrected chi connectivity index (χ4v) is 4.61. The topological polar surface area (TPSA) is 134 Å². The van der Waals surface area contributed by atoms with Crippen LogP contribution >= 0.6 is 0 Å². The summed E-state index contributed by atoms with van der Waals surface area (Å²) in [4.78, 5) is 32.0. The molecule has 2 fully saturated rings. The van der Waals surface area contributed by atoms with E-state index in [9.17, 15) is 18.4 Å². The van der Waals surface area contributed by atoms with Crippen molar-refractivity contribution in [3.8, 4) is 0 Å². The molecule has 13 nitrogen and oxygen atoms in total. The zero-order valence-corrected chi connectivity index (χ0v) is 22.3. The number of amides is 1. The molecule has 0 spiro atoms. The number of halogens is 2. The number of alkyl halides is 2. The molecule has 1 amide bonds. The van der Waals surface area contributed by atoms with E-state index >= 15 is 0 Å². The van der Waals surface area contributed by atoms with Crippen LogP contribution in [-0.2, 0) is 18.9 Å². The number of aromatic nitrogens is 5. The lowest BCUT2D eigenvalue weighted by molar-refractivity contribution is -0.212. The van der Waals surface area contributed by atoms with Gasteiger partial charge in [0.05, 0.1) is 49.9 Å². The van der Waals surface area contributed by atoms with Gasteiger partial charge in [0.1, 0.15) is 18.0 Å². The van der Waals surface area contributed by atoms with Gasteiger partial charge in [-0.1, -0.05) is 18.2 Å². The molecule has 3 aromatic heterocycles. The fraction of sp³-hybridized carbons (Fsp3) is 0.370. The summed E-state index contributed by atoms with van der Waals surface area (Å²) >= 11 is 0. The van der Waals surface area contributed by atoms with Crippen LogP contribution in [0.5, 0.6) is 0 Å². The molecule has 2 aliphatic heterocycles. The Morgan fingerprint density at radius 2 is 1.86 bits per heavy atom. The van der Waals surface area contributed by atoms with Crippen molar-refractivity contribution < 1.29 is 37.3 Å². The van der Waals surface area contributed by atoms with Crippen molar-refractivity contribution in [3.63, 3.8) is 0 Å². The van der Waals surface area contributed by atoms with Crippen LogP contribution in [0.15, 0.2) is 55.0 Å². The summed E-state index contributed by atoms with van der Waals surface area (Å²) < 4.78 is 52.4. The summed E-state index contributed by atoms with van der Waals surface area (Å²) in [5, 5.41) is 10.7. The Kier molecular flexibility index (Phi) is 8.03. The smallest absolute Gasteiger partial charge is 0.338 e. The van der Waals surface area contributed by atoms with Crippen molar-refractivity contribution in [2.75, 3.05) is 56.3 Å². The van der Waals surface area contributed by atoms with Gasteiger partial charge < -0.3 is 29.2 Å². The van der Waals surface area contributed by atoms with E-state index in [2.05, 4.69) is 20.5 Å². The number of carbonyl (C=O) groups excluding carboxylic acids is 2. The average molecular weight is 584 g/mol. The van der Waals surface area contributed by atoms with Crippen LogP contribution in [0, 0.1) is 0 Å². The molecule has 0 unspecified atom stereocenters. The number of ether oxygens (including phenoxy) is 4. The second-order valence-electron chi connectivity index (χ2n) is 9.59. The number of hydrogen-bond acceptors (Lipinski definition) is 10. The summed E-state index contributed by atoms with van der Waals surface area (Å²) in [6.45, 7) is 2.44. The first-order valence-electron chi connectivity index (χ1n) is 13.3. The van der Waals surface area contributed by atoms with E-state index in [4.69, 9.17) is 18.9 Å². The monoisotopic (exact) mass is 583 g/mol. The van der Waals surface area contributed by atoms with E-state index in [0.29, 0.717) is 37.7 Å². The molecular weight excluding hydrogens is 556 g/mol. The van der Waals surface area contributed by atoms with Crippen molar-refractivity contribution in [1.29, 1.82) is 0 Å². The molecule has 2 aliphatic rings. The van der Waals surface area contributed by atoms with E-state index in [1.54, 1.807) is 42.6 Å². The minimum Gasteiger partial charge on any atom is -0.457 e. The van der Waals surface area contributed by atoms with Crippen LogP contribution in [0.1, 0.15) is 38.9 Å². The number of esters is 1. The van der Waals surface area contributed by atoms with Gasteiger partial charge in [-0.15, -0.1) is 0 Å². The molecule has 42 heavy (non-hydrogen) atoms. The number of nitrogens with one attached hydrogen (secondary N) is 1. The minimum absolute atomic E-state index is 0.0631. The summed E-state index contributed by atoms with van der Waals surface area (Å²) in [7, 11) is 0. The molecule has 220 valence electrons. The van der Waals surface area contributed by atoms with E-state index in [1.807, 2.05) is 4.90 Å². The van der Waals surface area contributed by atoms with Crippen LogP contribution in [0.4, 0.5) is 20.3 Å². The first-order chi connectivity index (χ1) is 20.5. The predicted octanol–water partition coefficient (Wildman–Crippen LogP) is 2.72. The largest absolute Gasteiger partial charge is 0.457 e. The zero-order chi connectivity index (χ0) is 29.1. The number of hydrogen-bond donors (Lipinski definition) is 1. The van der Waals surface area contributed by atoms with Gasteiger partial charge in [0.25, 0.3) is 12.3 Å². The number of rotatable bonds is 8. The first-order valence-corrected chi connectivity index (χ1v) is 13.3. The Bertz CT molecular complexity index is 1550. The molecule has 15 heteroatoms. The van der Waals surface area contributed by atoms with Crippen LogP contribution in [0.25, 0.3) is 5.65 Å². The first kappa shape index (κ1) is 27.7. The summed E-state index contributed by atoms with van der Waals surface area (Å²) in [5.41, 5.74) is 0.0541. The quantitative estimate of drug-likeness (QED) is 0.309. The maximum atomic E-state index is 13.9. The van der Waals surface area contributed by atoms with Crippen molar-refractivity contribution in [2.45, 2.75) is 18.8 Å². The summed E-state index contributed by atoms with van der Waals surface area (Å²) in [5.74, 6) is -0.515. The normalized spacial score (nSPS) is 19.3. The van der Waals surface area contributed by atoms with Gasteiger partial charge >= 0.3 is 5.97 Å². The van der Waals surface area contributed by atoms with Gasteiger partial charge in [-0.3, -0.25) is 9.48 Å². The Morgan fingerprint density at radius 1 is 1.10 bits per heavy atom. The average Bonchev–Trinajstić information content (AvgIpc) is 3.65. The fourth-order valence-electron chi connectivity index (χ4n) is 4.61. The van der Waals surface area contributed by atoms with Crippen molar-refractivity contribution >= 4 is 29.0 Å². The predicted molar refractivity (Wildman–Crippen MR) is 143 cm³/mol. The third kappa shape index (κ3) is 5.93. The van der Waals surface area contributed by atoms with Gasteiger partial charge in [0.2, 0.25) is 0 Å². The van der Waals surface area contributed by atoms with Gasteiger partial charge in [-0.05, 0) is 18.2 Å². The highest BCUT2D eigenvalue weighted by molar-refractivity contribution is 6.08. The van der Waals surface area contributed by atoms with Gasteiger partial charge in [-0.25, -0.2) is 23.1 Å². The second kappa shape index (κ2) is 12.2. The molecule has 0 saturated carbocycles. The van der Waals surface area contributed by atoms with Crippen LogP contribution < -0.4 is 10.2 Å². The maximum Gasteiger partial charge on any atom is 0.338 e. The molecule has 6 rings (SSSR count). The highest BCUT2D eigenvalue weighted by Crippen LogP contribution is 2.29. The lowest BCUT2D eigenvalue weighted by Crippen LogP contribution is -2.37. The van der Waals surface area contributed by atoms with Gasteiger partial charge in [-0.2, -0.15) is 10.2 Å². The van der Waals surface area contributed by atoms with E-state index in [-0.39, 0.29) is 36.7 Å². The summed E-state index contributed by atoms with van der Waals surface area (Å²) in [6, 6.07) is 9.73. The van der Waals surface area contributed by atoms with Crippen molar-refractivity contribution in [2.24, 2.45) is 0 Å². The highest BCUT2D eigenvalue weighted by atomic mass is 19.3. The zero-order valence-electron chi connectivity index (χ0n) is 22.3. The number of anilines is 2. The van der Waals surface area contributed by atoms with Gasteiger partial charge in [0.15, 0.2) is 17.6 Å². The van der Waals surface area contributed by atoms with E-state index in [1.165, 1.54) is 21.6 Å². The van der Waals surface area contributed by atoms with Crippen LogP contribution in [-0.4, -0.2) is 88.7 Å². The molecule has 0 radical (unpaired) electrons. The SMILES string of the molecule is O=C(OC[C@H]1OC[C@H](n2cc(NC(=O)c3cnn4ccc(N5CCOCC5)nc34)c(C(F)F)n2)CO1)c1ccccc1. The molecule has 5 heterocycles. The molecule has 1 aromatic carbocycles. The van der Waals surface area contributed by atoms with E-state index in [0.717, 1.165) is 0 Å². The lowest BCUT2D eigenvalue weighted by Gasteiger charge is -2.29. The molecule has 4 aromatic rings. The molecule has 2 saturated heterocycles.